The molecule has 0 fully saturated rings. The van der Waals surface area contributed by atoms with Gasteiger partial charge in [0.15, 0.2) is 0 Å². The number of nitriles is 1. The van der Waals surface area contributed by atoms with Crippen molar-refractivity contribution in [2.75, 3.05) is 13.6 Å². The summed E-state index contributed by atoms with van der Waals surface area (Å²) in [6, 6.07) is 2.24. The first-order valence-electron chi connectivity index (χ1n) is 3.64. The molecule has 1 atom stereocenters. The number of likely N-dealkylation sites (N-methyl/N-ethyl adjacent to an activating group) is 1. The standard InChI is InChI=1S/C8H14N2O/c1-7(4-5-9)10(3)6-8(2)11/h7H,4,6H2,1-3H3. The van der Waals surface area contributed by atoms with Crippen LogP contribution in [-0.4, -0.2) is 30.3 Å². The summed E-state index contributed by atoms with van der Waals surface area (Å²) in [7, 11) is 1.85. The molecule has 62 valence electrons. The van der Waals surface area contributed by atoms with Crippen molar-refractivity contribution in [1.82, 2.24) is 4.90 Å². The van der Waals surface area contributed by atoms with E-state index in [4.69, 9.17) is 5.26 Å². The maximum absolute atomic E-state index is 10.6. The molecule has 0 saturated heterocycles. The first-order chi connectivity index (χ1) is 5.07. The van der Waals surface area contributed by atoms with E-state index in [9.17, 15) is 4.79 Å². The van der Waals surface area contributed by atoms with E-state index in [1.54, 1.807) is 6.92 Å². The molecule has 0 aromatic rings. The van der Waals surface area contributed by atoms with E-state index < -0.39 is 0 Å². The number of nitrogens with zero attached hydrogens (tertiary/aromatic N) is 2. The predicted octanol–water partition coefficient (Wildman–Crippen LogP) is 0.809. The largest absolute Gasteiger partial charge is 0.299 e. The Kier molecular flexibility index (Phi) is 4.47. The normalized spacial score (nSPS) is 12.6. The van der Waals surface area contributed by atoms with Gasteiger partial charge < -0.3 is 0 Å². The van der Waals surface area contributed by atoms with Gasteiger partial charge in [-0.2, -0.15) is 5.26 Å². The number of ketones is 1. The SMILES string of the molecule is CC(=O)CN(C)C(C)CC#N. The van der Waals surface area contributed by atoms with Crippen LogP contribution in [0.15, 0.2) is 0 Å². The minimum Gasteiger partial charge on any atom is -0.299 e. The Labute approximate surface area is 67.6 Å². The van der Waals surface area contributed by atoms with Gasteiger partial charge >= 0.3 is 0 Å². The van der Waals surface area contributed by atoms with Crippen molar-refractivity contribution in [3.8, 4) is 6.07 Å². The number of carbonyl (C=O) groups excluding carboxylic acids is 1. The molecule has 0 saturated carbocycles. The molecule has 0 aromatic heterocycles. The van der Waals surface area contributed by atoms with E-state index in [1.807, 2.05) is 18.9 Å². The molecule has 0 rings (SSSR count). The Hall–Kier alpha value is -0.880. The summed E-state index contributed by atoms with van der Waals surface area (Å²) in [6.07, 6.45) is 0.476. The lowest BCUT2D eigenvalue weighted by molar-refractivity contribution is -0.118. The second-order valence-electron chi connectivity index (χ2n) is 2.83. The summed E-state index contributed by atoms with van der Waals surface area (Å²) < 4.78 is 0. The van der Waals surface area contributed by atoms with Crippen LogP contribution in [-0.2, 0) is 4.79 Å². The van der Waals surface area contributed by atoms with E-state index >= 15 is 0 Å². The minimum absolute atomic E-state index is 0.136. The molecule has 0 radical (unpaired) electrons. The molecule has 3 nitrogen and oxygen atoms in total. The third-order valence-electron chi connectivity index (χ3n) is 1.61. The van der Waals surface area contributed by atoms with E-state index in [-0.39, 0.29) is 11.8 Å². The van der Waals surface area contributed by atoms with Crippen molar-refractivity contribution in [1.29, 1.82) is 5.26 Å². The van der Waals surface area contributed by atoms with Gasteiger partial charge in [0.1, 0.15) is 5.78 Å². The zero-order valence-electron chi connectivity index (χ0n) is 7.29. The first kappa shape index (κ1) is 10.1. The molecule has 0 bridgehead atoms. The molecule has 0 amide bonds. The average Bonchev–Trinajstić information content (AvgIpc) is 1.86. The Balaban J connectivity index is 3.74. The Morgan fingerprint density at radius 2 is 2.27 bits per heavy atom. The molecule has 0 aliphatic carbocycles. The van der Waals surface area contributed by atoms with Gasteiger partial charge in [0, 0.05) is 6.04 Å². The van der Waals surface area contributed by atoms with Crippen LogP contribution in [0.4, 0.5) is 0 Å². The van der Waals surface area contributed by atoms with Crippen molar-refractivity contribution in [2.45, 2.75) is 26.3 Å². The van der Waals surface area contributed by atoms with Gasteiger partial charge in [-0.05, 0) is 20.9 Å². The fraction of sp³-hybridized carbons (Fsp3) is 0.750. The molecule has 0 spiro atoms. The zero-order valence-corrected chi connectivity index (χ0v) is 7.29. The first-order valence-corrected chi connectivity index (χ1v) is 3.64. The number of carbonyl (C=O) groups is 1. The summed E-state index contributed by atoms with van der Waals surface area (Å²) in [5.41, 5.74) is 0. The molecule has 0 aliphatic heterocycles. The number of rotatable bonds is 4. The third-order valence-corrected chi connectivity index (χ3v) is 1.61. The van der Waals surface area contributed by atoms with Crippen LogP contribution in [0.3, 0.4) is 0 Å². The van der Waals surface area contributed by atoms with E-state index in [0.29, 0.717) is 13.0 Å². The lowest BCUT2D eigenvalue weighted by Crippen LogP contribution is -2.32. The van der Waals surface area contributed by atoms with Gasteiger partial charge in [0.25, 0.3) is 0 Å². The van der Waals surface area contributed by atoms with Crippen LogP contribution < -0.4 is 0 Å². The van der Waals surface area contributed by atoms with Gasteiger partial charge in [-0.15, -0.1) is 0 Å². The summed E-state index contributed by atoms with van der Waals surface area (Å²) in [5, 5.41) is 8.36. The maximum atomic E-state index is 10.6. The van der Waals surface area contributed by atoms with Crippen molar-refractivity contribution in [3.05, 3.63) is 0 Å². The van der Waals surface area contributed by atoms with E-state index in [2.05, 4.69) is 6.07 Å². The molecule has 3 heteroatoms. The highest BCUT2D eigenvalue weighted by molar-refractivity contribution is 5.77. The van der Waals surface area contributed by atoms with Crippen molar-refractivity contribution < 1.29 is 4.79 Å². The van der Waals surface area contributed by atoms with Gasteiger partial charge in [-0.25, -0.2) is 0 Å². The third kappa shape index (κ3) is 4.51. The summed E-state index contributed by atoms with van der Waals surface area (Å²) in [4.78, 5) is 12.5. The quantitative estimate of drug-likeness (QED) is 0.602. The highest BCUT2D eigenvalue weighted by Gasteiger charge is 2.09. The smallest absolute Gasteiger partial charge is 0.143 e. The zero-order chi connectivity index (χ0) is 8.85. The van der Waals surface area contributed by atoms with Crippen molar-refractivity contribution >= 4 is 5.78 Å². The van der Waals surface area contributed by atoms with Gasteiger partial charge in [-0.3, -0.25) is 9.69 Å². The number of Topliss-reactive ketones (excluding diaryl/α,β-unsaturated/α-hetero) is 1. The highest BCUT2D eigenvalue weighted by atomic mass is 16.1. The fourth-order valence-electron chi connectivity index (χ4n) is 0.795. The Morgan fingerprint density at radius 1 is 1.73 bits per heavy atom. The topological polar surface area (TPSA) is 44.1 Å². The lowest BCUT2D eigenvalue weighted by Gasteiger charge is -2.20. The minimum atomic E-state index is 0.136. The van der Waals surface area contributed by atoms with Crippen LogP contribution in [0.2, 0.25) is 0 Å². The maximum Gasteiger partial charge on any atom is 0.143 e. The van der Waals surface area contributed by atoms with Gasteiger partial charge in [0.2, 0.25) is 0 Å². The summed E-state index contributed by atoms with van der Waals surface area (Å²) in [5.74, 6) is 0.136. The average molecular weight is 154 g/mol. The summed E-state index contributed by atoms with van der Waals surface area (Å²) in [6.45, 7) is 3.92. The Bertz CT molecular complexity index is 171. The number of hydrogen-bond donors (Lipinski definition) is 0. The number of hydrogen-bond acceptors (Lipinski definition) is 3. The lowest BCUT2D eigenvalue weighted by atomic mass is 10.2. The summed E-state index contributed by atoms with van der Waals surface area (Å²) >= 11 is 0. The molecule has 11 heavy (non-hydrogen) atoms. The second-order valence-corrected chi connectivity index (χ2v) is 2.83. The second kappa shape index (κ2) is 4.86. The van der Waals surface area contributed by atoms with Crippen molar-refractivity contribution in [2.24, 2.45) is 0 Å². The van der Waals surface area contributed by atoms with E-state index in [0.717, 1.165) is 0 Å². The monoisotopic (exact) mass is 154 g/mol. The molecule has 0 heterocycles. The van der Waals surface area contributed by atoms with E-state index in [1.165, 1.54) is 0 Å². The molecular weight excluding hydrogens is 140 g/mol. The van der Waals surface area contributed by atoms with Gasteiger partial charge in [0.05, 0.1) is 19.0 Å². The van der Waals surface area contributed by atoms with Crippen LogP contribution >= 0.6 is 0 Å². The van der Waals surface area contributed by atoms with Crippen LogP contribution in [0.5, 0.6) is 0 Å². The molecule has 0 aliphatic rings. The van der Waals surface area contributed by atoms with Crippen LogP contribution in [0.1, 0.15) is 20.3 Å². The van der Waals surface area contributed by atoms with Crippen LogP contribution in [0.25, 0.3) is 0 Å². The Morgan fingerprint density at radius 3 is 2.64 bits per heavy atom. The molecule has 1 unspecified atom stereocenters. The molecule has 0 N–H and O–H groups in total. The van der Waals surface area contributed by atoms with Gasteiger partial charge in [-0.1, -0.05) is 0 Å². The molecular formula is C8H14N2O. The fourth-order valence-corrected chi connectivity index (χ4v) is 0.795. The highest BCUT2D eigenvalue weighted by Crippen LogP contribution is 1.98. The molecule has 0 aromatic carbocycles. The predicted molar refractivity (Wildman–Crippen MR) is 43.0 cm³/mol. The van der Waals surface area contributed by atoms with Crippen molar-refractivity contribution in [3.63, 3.8) is 0 Å². The van der Waals surface area contributed by atoms with Crippen LogP contribution in [0, 0.1) is 11.3 Å².